The van der Waals surface area contributed by atoms with E-state index in [2.05, 4.69) is 16.0 Å². The summed E-state index contributed by atoms with van der Waals surface area (Å²) >= 11 is 0. The minimum absolute atomic E-state index is 0.0988. The number of furan rings is 1. The summed E-state index contributed by atoms with van der Waals surface area (Å²) in [6, 6.07) is 10.7. The van der Waals surface area contributed by atoms with Crippen molar-refractivity contribution < 1.29 is 32.0 Å². The Balaban J connectivity index is 1.73. The third kappa shape index (κ3) is 6.10. The predicted molar refractivity (Wildman–Crippen MR) is 116 cm³/mol. The molecule has 1 aromatic heterocycles. The maximum atomic E-state index is 13.5. The minimum atomic E-state index is -4.78. The van der Waals surface area contributed by atoms with E-state index in [0.717, 1.165) is 24.5 Å². The Labute approximate surface area is 186 Å². The van der Waals surface area contributed by atoms with Crippen LogP contribution >= 0.6 is 0 Å². The zero-order valence-electron chi connectivity index (χ0n) is 17.2. The van der Waals surface area contributed by atoms with E-state index >= 15 is 0 Å². The number of hydrogen-bond acceptors (Lipinski definition) is 4. The molecular weight excluding hydrogens is 439 g/mol. The van der Waals surface area contributed by atoms with Crippen molar-refractivity contribution in [3.8, 4) is 0 Å². The van der Waals surface area contributed by atoms with Gasteiger partial charge in [0.05, 0.1) is 23.1 Å². The second-order valence-electron chi connectivity index (χ2n) is 6.75. The molecule has 0 unspecified atom stereocenters. The van der Waals surface area contributed by atoms with Gasteiger partial charge in [0.1, 0.15) is 6.26 Å². The van der Waals surface area contributed by atoms with Crippen molar-refractivity contribution in [1.82, 2.24) is 5.32 Å². The first-order chi connectivity index (χ1) is 15.7. The van der Waals surface area contributed by atoms with Crippen molar-refractivity contribution in [2.45, 2.75) is 6.18 Å². The molecule has 0 spiro atoms. The quantitative estimate of drug-likeness (QED) is 0.473. The summed E-state index contributed by atoms with van der Waals surface area (Å²) in [6.07, 6.45) is 0.114. The fourth-order valence-corrected chi connectivity index (χ4v) is 2.80. The van der Waals surface area contributed by atoms with E-state index in [1.807, 2.05) is 0 Å². The molecule has 0 fully saturated rings. The maximum Gasteiger partial charge on any atom is 0.418 e. The number of rotatable bonds is 6. The SMILES string of the molecule is CNC(=O)c1ccc(/C=C/C(=O)Nc2ccc(NC(=O)c3ccoc3)cc2C(F)(F)F)cc1. The summed E-state index contributed by atoms with van der Waals surface area (Å²) in [7, 11) is 1.50. The monoisotopic (exact) mass is 457 g/mol. The lowest BCUT2D eigenvalue weighted by atomic mass is 10.1. The van der Waals surface area contributed by atoms with Crippen LogP contribution in [0.3, 0.4) is 0 Å². The lowest BCUT2D eigenvalue weighted by molar-refractivity contribution is -0.136. The van der Waals surface area contributed by atoms with Gasteiger partial charge in [-0.2, -0.15) is 13.2 Å². The number of halogens is 3. The number of anilines is 2. The third-order valence-electron chi connectivity index (χ3n) is 4.45. The number of carbonyl (C=O) groups is 3. The first kappa shape index (κ1) is 23.3. The van der Waals surface area contributed by atoms with Gasteiger partial charge in [0.15, 0.2) is 0 Å². The molecule has 7 nitrogen and oxygen atoms in total. The summed E-state index contributed by atoms with van der Waals surface area (Å²) in [4.78, 5) is 35.8. The highest BCUT2D eigenvalue weighted by atomic mass is 19.4. The molecule has 33 heavy (non-hydrogen) atoms. The molecule has 0 saturated carbocycles. The molecule has 0 aliphatic heterocycles. The second-order valence-corrected chi connectivity index (χ2v) is 6.75. The minimum Gasteiger partial charge on any atom is -0.472 e. The van der Waals surface area contributed by atoms with Crippen LogP contribution in [0.5, 0.6) is 0 Å². The molecule has 0 atom stereocenters. The van der Waals surface area contributed by atoms with Crippen LogP contribution < -0.4 is 16.0 Å². The van der Waals surface area contributed by atoms with Crippen LogP contribution in [0.15, 0.2) is 71.6 Å². The fourth-order valence-electron chi connectivity index (χ4n) is 2.80. The summed E-state index contributed by atoms with van der Waals surface area (Å²) in [5.41, 5.74) is -0.537. The lowest BCUT2D eigenvalue weighted by Crippen LogP contribution is -2.17. The van der Waals surface area contributed by atoms with E-state index in [0.29, 0.717) is 11.1 Å². The van der Waals surface area contributed by atoms with Gasteiger partial charge in [-0.3, -0.25) is 14.4 Å². The number of alkyl halides is 3. The molecule has 0 saturated heterocycles. The van der Waals surface area contributed by atoms with Crippen LogP contribution in [0.2, 0.25) is 0 Å². The Hall–Kier alpha value is -4.34. The molecule has 10 heteroatoms. The smallest absolute Gasteiger partial charge is 0.418 e. The van der Waals surface area contributed by atoms with E-state index < -0.39 is 29.2 Å². The molecule has 0 bridgehead atoms. The van der Waals surface area contributed by atoms with E-state index in [1.54, 1.807) is 24.3 Å². The van der Waals surface area contributed by atoms with Crippen LogP contribution in [-0.4, -0.2) is 24.8 Å². The number of amides is 3. The van der Waals surface area contributed by atoms with E-state index in [-0.39, 0.29) is 17.2 Å². The van der Waals surface area contributed by atoms with Gasteiger partial charge in [-0.15, -0.1) is 0 Å². The van der Waals surface area contributed by atoms with Gasteiger partial charge in [-0.05, 0) is 48.0 Å². The largest absolute Gasteiger partial charge is 0.472 e. The van der Waals surface area contributed by atoms with Crippen molar-refractivity contribution in [3.63, 3.8) is 0 Å². The highest BCUT2D eigenvalue weighted by molar-refractivity contribution is 6.05. The molecule has 3 rings (SSSR count). The standard InChI is InChI=1S/C23H18F3N3O4/c1-27-21(31)15-5-2-14(3-6-15)4-9-20(30)29-19-8-7-17(12-18(19)23(24,25)26)28-22(32)16-10-11-33-13-16/h2-13H,1H3,(H,27,31)(H,28,32)(H,29,30)/b9-4+. The van der Waals surface area contributed by atoms with Gasteiger partial charge in [0, 0.05) is 24.4 Å². The average Bonchev–Trinajstić information content (AvgIpc) is 3.33. The molecular formula is C23H18F3N3O4. The average molecular weight is 457 g/mol. The molecule has 3 amide bonds. The summed E-state index contributed by atoms with van der Waals surface area (Å²) < 4.78 is 45.4. The number of carbonyl (C=O) groups excluding carboxylic acids is 3. The Morgan fingerprint density at radius 2 is 1.64 bits per heavy atom. The number of benzene rings is 2. The topological polar surface area (TPSA) is 100 Å². The molecule has 2 aromatic carbocycles. The van der Waals surface area contributed by atoms with Crippen molar-refractivity contribution in [3.05, 3.63) is 89.4 Å². The first-order valence-corrected chi connectivity index (χ1v) is 9.53. The first-order valence-electron chi connectivity index (χ1n) is 9.53. The van der Waals surface area contributed by atoms with E-state index in [9.17, 15) is 27.6 Å². The van der Waals surface area contributed by atoms with Gasteiger partial charge < -0.3 is 20.4 Å². The fraction of sp³-hybridized carbons (Fsp3) is 0.0870. The molecule has 3 aromatic rings. The van der Waals surface area contributed by atoms with Crippen molar-refractivity contribution >= 4 is 35.2 Å². The third-order valence-corrected chi connectivity index (χ3v) is 4.45. The van der Waals surface area contributed by atoms with Crippen LogP contribution in [0, 0.1) is 0 Å². The summed E-state index contributed by atoms with van der Waals surface area (Å²) in [6.45, 7) is 0. The Morgan fingerprint density at radius 1 is 0.909 bits per heavy atom. The highest BCUT2D eigenvalue weighted by Gasteiger charge is 2.34. The molecule has 1 heterocycles. The second kappa shape index (κ2) is 9.86. The van der Waals surface area contributed by atoms with Crippen molar-refractivity contribution in [1.29, 1.82) is 0 Å². The maximum absolute atomic E-state index is 13.5. The Kier molecular flexibility index (Phi) is 6.97. The zero-order chi connectivity index (χ0) is 24.0. The highest BCUT2D eigenvalue weighted by Crippen LogP contribution is 2.36. The van der Waals surface area contributed by atoms with Crippen LogP contribution in [0.4, 0.5) is 24.5 Å². The predicted octanol–water partition coefficient (Wildman–Crippen LogP) is 4.56. The van der Waals surface area contributed by atoms with Gasteiger partial charge in [0.2, 0.25) is 5.91 Å². The molecule has 0 radical (unpaired) electrons. The molecule has 0 aliphatic rings. The van der Waals surface area contributed by atoms with Gasteiger partial charge in [-0.25, -0.2) is 0 Å². The molecule has 170 valence electrons. The van der Waals surface area contributed by atoms with Gasteiger partial charge in [-0.1, -0.05) is 12.1 Å². The van der Waals surface area contributed by atoms with E-state index in [1.165, 1.54) is 31.5 Å². The van der Waals surface area contributed by atoms with Crippen molar-refractivity contribution in [2.75, 3.05) is 17.7 Å². The van der Waals surface area contributed by atoms with Gasteiger partial charge >= 0.3 is 6.18 Å². The number of nitrogens with one attached hydrogen (secondary N) is 3. The molecule has 0 aliphatic carbocycles. The van der Waals surface area contributed by atoms with E-state index in [4.69, 9.17) is 4.42 Å². The van der Waals surface area contributed by atoms with Crippen LogP contribution in [0.25, 0.3) is 6.08 Å². The lowest BCUT2D eigenvalue weighted by Gasteiger charge is -2.15. The number of hydrogen-bond donors (Lipinski definition) is 3. The van der Waals surface area contributed by atoms with Crippen molar-refractivity contribution in [2.24, 2.45) is 0 Å². The van der Waals surface area contributed by atoms with Gasteiger partial charge in [0.25, 0.3) is 11.8 Å². The van der Waals surface area contributed by atoms with Crippen LogP contribution in [-0.2, 0) is 11.0 Å². The Bertz CT molecular complexity index is 1180. The zero-order valence-corrected chi connectivity index (χ0v) is 17.2. The summed E-state index contributed by atoms with van der Waals surface area (Å²) in [5.74, 6) is -1.70. The normalized spacial score (nSPS) is 11.3. The summed E-state index contributed by atoms with van der Waals surface area (Å²) in [5, 5.41) is 7.02. The Morgan fingerprint density at radius 3 is 2.24 bits per heavy atom. The molecule has 3 N–H and O–H groups in total. The van der Waals surface area contributed by atoms with Crippen LogP contribution in [0.1, 0.15) is 31.8 Å².